The second-order valence-electron chi connectivity index (χ2n) is 4.89. The number of nitrogens with one attached hydrogen (secondary N) is 1. The predicted molar refractivity (Wildman–Crippen MR) is 83.8 cm³/mol. The number of carbonyl (C=O) groups excluding carboxylic acids is 1. The standard InChI is InChI=1S/C16H19NO3S/c1-3-20-13-8-6-12(7-9-13)15(18)17-11-16(2,19)14-5-4-10-21-14/h4-10,19H,3,11H2,1-2H3,(H,17,18). The summed E-state index contributed by atoms with van der Waals surface area (Å²) in [5.74, 6) is 0.523. The Morgan fingerprint density at radius 1 is 1.33 bits per heavy atom. The maximum atomic E-state index is 12.1. The van der Waals surface area contributed by atoms with Gasteiger partial charge in [0.15, 0.2) is 0 Å². The molecule has 0 fully saturated rings. The van der Waals surface area contributed by atoms with E-state index in [4.69, 9.17) is 4.74 Å². The highest BCUT2D eigenvalue weighted by Gasteiger charge is 2.25. The molecule has 21 heavy (non-hydrogen) atoms. The predicted octanol–water partition coefficient (Wildman–Crippen LogP) is 2.78. The summed E-state index contributed by atoms with van der Waals surface area (Å²) in [4.78, 5) is 12.9. The van der Waals surface area contributed by atoms with Crippen molar-refractivity contribution >= 4 is 17.2 Å². The Kier molecular flexibility index (Phi) is 4.98. The number of rotatable bonds is 6. The van der Waals surface area contributed by atoms with E-state index in [0.29, 0.717) is 12.2 Å². The topological polar surface area (TPSA) is 58.6 Å². The molecule has 2 rings (SSSR count). The van der Waals surface area contributed by atoms with Crippen LogP contribution in [0.5, 0.6) is 5.75 Å². The van der Waals surface area contributed by atoms with Crippen molar-refractivity contribution < 1.29 is 14.6 Å². The van der Waals surface area contributed by atoms with E-state index in [9.17, 15) is 9.90 Å². The highest BCUT2D eigenvalue weighted by molar-refractivity contribution is 7.10. The fraction of sp³-hybridized carbons (Fsp3) is 0.312. The Morgan fingerprint density at radius 2 is 2.05 bits per heavy atom. The molecule has 0 spiro atoms. The Labute approximate surface area is 128 Å². The highest BCUT2D eigenvalue weighted by Crippen LogP contribution is 2.24. The maximum Gasteiger partial charge on any atom is 0.251 e. The average molecular weight is 305 g/mol. The van der Waals surface area contributed by atoms with Gasteiger partial charge in [-0.15, -0.1) is 11.3 Å². The molecule has 1 aromatic carbocycles. The van der Waals surface area contributed by atoms with Crippen molar-refractivity contribution in [3.05, 3.63) is 52.2 Å². The molecule has 2 aromatic rings. The zero-order valence-corrected chi connectivity index (χ0v) is 12.9. The Bertz CT molecular complexity index is 576. The molecule has 0 aliphatic rings. The van der Waals surface area contributed by atoms with E-state index in [2.05, 4.69) is 5.32 Å². The largest absolute Gasteiger partial charge is 0.494 e. The van der Waals surface area contributed by atoms with E-state index in [1.165, 1.54) is 11.3 Å². The van der Waals surface area contributed by atoms with Crippen LogP contribution in [0.25, 0.3) is 0 Å². The molecule has 0 radical (unpaired) electrons. The van der Waals surface area contributed by atoms with Gasteiger partial charge < -0.3 is 15.2 Å². The Hall–Kier alpha value is -1.85. The molecule has 4 nitrogen and oxygen atoms in total. The molecule has 1 atom stereocenters. The van der Waals surface area contributed by atoms with Gasteiger partial charge in [-0.1, -0.05) is 6.07 Å². The molecule has 0 saturated carbocycles. The summed E-state index contributed by atoms with van der Waals surface area (Å²) in [7, 11) is 0. The number of ether oxygens (including phenoxy) is 1. The van der Waals surface area contributed by atoms with Crippen LogP contribution in [0.4, 0.5) is 0 Å². The third-order valence-electron chi connectivity index (χ3n) is 3.07. The Morgan fingerprint density at radius 3 is 2.62 bits per heavy atom. The van der Waals surface area contributed by atoms with E-state index >= 15 is 0 Å². The lowest BCUT2D eigenvalue weighted by Gasteiger charge is -2.22. The SMILES string of the molecule is CCOc1ccc(C(=O)NCC(C)(O)c2cccs2)cc1. The number of amides is 1. The van der Waals surface area contributed by atoms with E-state index in [-0.39, 0.29) is 12.5 Å². The summed E-state index contributed by atoms with van der Waals surface area (Å²) in [6.07, 6.45) is 0. The van der Waals surface area contributed by atoms with E-state index < -0.39 is 5.60 Å². The zero-order chi connectivity index (χ0) is 15.3. The second kappa shape index (κ2) is 6.74. The summed E-state index contributed by atoms with van der Waals surface area (Å²) in [5.41, 5.74) is -0.518. The van der Waals surface area contributed by atoms with E-state index in [0.717, 1.165) is 10.6 Å². The molecule has 1 aromatic heterocycles. The average Bonchev–Trinajstić information content (AvgIpc) is 3.01. The fourth-order valence-electron chi connectivity index (χ4n) is 1.90. The number of hydrogen-bond acceptors (Lipinski definition) is 4. The van der Waals surface area contributed by atoms with Gasteiger partial charge in [0, 0.05) is 10.4 Å². The lowest BCUT2D eigenvalue weighted by molar-refractivity contribution is 0.0556. The normalized spacial score (nSPS) is 13.5. The molecule has 1 heterocycles. The first-order valence-corrected chi connectivity index (χ1v) is 7.68. The molecule has 0 aliphatic heterocycles. The van der Waals surface area contributed by atoms with Crippen LogP contribution in [0, 0.1) is 0 Å². The van der Waals surface area contributed by atoms with Crippen LogP contribution in [-0.2, 0) is 5.60 Å². The number of benzene rings is 1. The first-order chi connectivity index (χ1) is 10.0. The summed E-state index contributed by atoms with van der Waals surface area (Å²) in [6, 6.07) is 10.7. The zero-order valence-electron chi connectivity index (χ0n) is 12.1. The van der Waals surface area contributed by atoms with Crippen molar-refractivity contribution in [2.24, 2.45) is 0 Å². The number of thiophene rings is 1. The van der Waals surface area contributed by atoms with E-state index in [1.54, 1.807) is 31.2 Å². The molecule has 0 bridgehead atoms. The third-order valence-corrected chi connectivity index (χ3v) is 4.20. The van der Waals surface area contributed by atoms with Crippen LogP contribution >= 0.6 is 11.3 Å². The maximum absolute atomic E-state index is 12.1. The van der Waals surface area contributed by atoms with Gasteiger partial charge in [-0.3, -0.25) is 4.79 Å². The lowest BCUT2D eigenvalue weighted by atomic mass is 10.1. The number of carbonyl (C=O) groups is 1. The Balaban J connectivity index is 1.95. The molecular formula is C16H19NO3S. The second-order valence-corrected chi connectivity index (χ2v) is 5.84. The molecule has 1 unspecified atom stereocenters. The smallest absolute Gasteiger partial charge is 0.251 e. The number of hydrogen-bond donors (Lipinski definition) is 2. The van der Waals surface area contributed by atoms with Gasteiger partial charge in [0.05, 0.1) is 13.2 Å². The van der Waals surface area contributed by atoms with Crippen LogP contribution in [0.2, 0.25) is 0 Å². The first kappa shape index (κ1) is 15.5. The third kappa shape index (κ3) is 4.06. The molecular weight excluding hydrogens is 286 g/mol. The van der Waals surface area contributed by atoms with Crippen LogP contribution in [0.1, 0.15) is 29.1 Å². The molecule has 112 valence electrons. The molecule has 0 saturated heterocycles. The van der Waals surface area contributed by atoms with Gasteiger partial charge in [-0.2, -0.15) is 0 Å². The van der Waals surface area contributed by atoms with Crippen molar-refractivity contribution in [2.45, 2.75) is 19.4 Å². The molecule has 2 N–H and O–H groups in total. The molecule has 1 amide bonds. The minimum absolute atomic E-state index is 0.166. The minimum Gasteiger partial charge on any atom is -0.494 e. The lowest BCUT2D eigenvalue weighted by Crippen LogP contribution is -2.38. The van der Waals surface area contributed by atoms with Gasteiger partial charge in [-0.25, -0.2) is 0 Å². The first-order valence-electron chi connectivity index (χ1n) is 6.80. The van der Waals surface area contributed by atoms with Gasteiger partial charge in [0.1, 0.15) is 11.4 Å². The van der Waals surface area contributed by atoms with Crippen molar-refractivity contribution in [2.75, 3.05) is 13.2 Å². The molecule has 5 heteroatoms. The summed E-state index contributed by atoms with van der Waals surface area (Å²) < 4.78 is 5.33. The summed E-state index contributed by atoms with van der Waals surface area (Å²) in [6.45, 7) is 4.36. The fourth-order valence-corrected chi connectivity index (χ4v) is 2.68. The van der Waals surface area contributed by atoms with E-state index in [1.807, 2.05) is 24.4 Å². The van der Waals surface area contributed by atoms with Gasteiger partial charge in [0.25, 0.3) is 5.91 Å². The quantitative estimate of drug-likeness (QED) is 0.863. The van der Waals surface area contributed by atoms with Crippen LogP contribution in [0.15, 0.2) is 41.8 Å². The highest BCUT2D eigenvalue weighted by atomic mass is 32.1. The van der Waals surface area contributed by atoms with Crippen molar-refractivity contribution in [1.29, 1.82) is 0 Å². The summed E-state index contributed by atoms with van der Waals surface area (Å²) >= 11 is 1.47. The van der Waals surface area contributed by atoms with Gasteiger partial charge >= 0.3 is 0 Å². The van der Waals surface area contributed by atoms with Crippen molar-refractivity contribution in [3.8, 4) is 5.75 Å². The van der Waals surface area contributed by atoms with Crippen molar-refractivity contribution in [3.63, 3.8) is 0 Å². The minimum atomic E-state index is -1.06. The van der Waals surface area contributed by atoms with Crippen LogP contribution in [-0.4, -0.2) is 24.2 Å². The van der Waals surface area contributed by atoms with Crippen LogP contribution in [0.3, 0.4) is 0 Å². The monoisotopic (exact) mass is 305 g/mol. The van der Waals surface area contributed by atoms with Gasteiger partial charge in [0.2, 0.25) is 0 Å². The van der Waals surface area contributed by atoms with Gasteiger partial charge in [-0.05, 0) is 49.6 Å². The molecule has 0 aliphatic carbocycles. The number of aliphatic hydroxyl groups is 1. The van der Waals surface area contributed by atoms with Crippen LogP contribution < -0.4 is 10.1 Å². The summed E-state index contributed by atoms with van der Waals surface area (Å²) in [5, 5.41) is 15.0. The van der Waals surface area contributed by atoms with Crippen molar-refractivity contribution in [1.82, 2.24) is 5.32 Å².